The van der Waals surface area contributed by atoms with E-state index in [1.165, 1.54) is 10.8 Å². The molecule has 192 valence electrons. The number of benzene rings is 6. The summed E-state index contributed by atoms with van der Waals surface area (Å²) < 4.78 is 2.41. The van der Waals surface area contributed by atoms with E-state index in [9.17, 15) is 5.26 Å². The van der Waals surface area contributed by atoms with Gasteiger partial charge in [-0.25, -0.2) is 0 Å². The van der Waals surface area contributed by atoms with Crippen molar-refractivity contribution in [3.63, 3.8) is 0 Å². The number of aromatic nitrogens is 1. The van der Waals surface area contributed by atoms with Crippen LogP contribution in [0.15, 0.2) is 146 Å². The first-order valence-electron chi connectivity index (χ1n) is 13.7. The second kappa shape index (κ2) is 9.15. The SMILES string of the molecule is N#Cc1ccc(N2c3ccccc3N(c3ccccc3)c3ccccc3-n3c4ccccc4c4cccc2c43)cc1. The summed E-state index contributed by atoms with van der Waals surface area (Å²) in [7, 11) is 0. The van der Waals surface area contributed by atoms with Crippen molar-refractivity contribution < 1.29 is 0 Å². The fraction of sp³-hybridized carbons (Fsp3) is 0. The minimum Gasteiger partial charge on any atom is -0.306 e. The summed E-state index contributed by atoms with van der Waals surface area (Å²) in [5, 5.41) is 11.9. The van der Waals surface area contributed by atoms with Gasteiger partial charge in [0.25, 0.3) is 0 Å². The maximum absolute atomic E-state index is 9.54. The van der Waals surface area contributed by atoms with Crippen LogP contribution in [0.2, 0.25) is 0 Å². The molecule has 4 nitrogen and oxygen atoms in total. The largest absolute Gasteiger partial charge is 0.306 e. The molecule has 0 aliphatic carbocycles. The van der Waals surface area contributed by atoms with Gasteiger partial charge < -0.3 is 14.4 Å². The molecular formula is C37H24N4. The topological polar surface area (TPSA) is 35.2 Å². The first-order chi connectivity index (χ1) is 20.3. The average molecular weight is 525 g/mol. The summed E-state index contributed by atoms with van der Waals surface area (Å²) in [4.78, 5) is 4.68. The van der Waals surface area contributed by atoms with E-state index in [4.69, 9.17) is 0 Å². The van der Waals surface area contributed by atoms with E-state index in [1.807, 2.05) is 24.3 Å². The zero-order valence-corrected chi connectivity index (χ0v) is 22.1. The predicted octanol–water partition coefficient (Wildman–Crippen LogP) is 9.91. The molecule has 0 spiro atoms. The Morgan fingerprint density at radius 3 is 1.63 bits per heavy atom. The molecule has 0 atom stereocenters. The van der Waals surface area contributed by atoms with Gasteiger partial charge in [0.1, 0.15) is 0 Å². The van der Waals surface area contributed by atoms with Crippen molar-refractivity contribution in [3.05, 3.63) is 151 Å². The predicted molar refractivity (Wildman–Crippen MR) is 168 cm³/mol. The highest BCUT2D eigenvalue weighted by atomic mass is 15.2. The molecule has 0 saturated carbocycles. The van der Waals surface area contributed by atoms with E-state index in [1.54, 1.807) is 0 Å². The van der Waals surface area contributed by atoms with Crippen molar-refractivity contribution in [2.75, 3.05) is 9.80 Å². The molecule has 8 rings (SSSR count). The monoisotopic (exact) mass is 524 g/mol. The van der Waals surface area contributed by atoms with Crippen molar-refractivity contribution in [2.45, 2.75) is 0 Å². The number of fused-ring (bicyclic) bond motifs is 6. The van der Waals surface area contributed by atoms with Crippen LogP contribution < -0.4 is 9.80 Å². The summed E-state index contributed by atoms with van der Waals surface area (Å²) in [6.07, 6.45) is 0. The zero-order chi connectivity index (χ0) is 27.3. The molecule has 2 heterocycles. The number of nitriles is 1. The molecule has 1 aliphatic heterocycles. The number of anilines is 6. The normalized spacial score (nSPS) is 12.3. The lowest BCUT2D eigenvalue weighted by atomic mass is 10.1. The standard InChI is InChI=1S/C37H24N4/c38-25-26-21-23-28(24-22-26)40-33-17-7-6-16-32(33)39(27-11-2-1-3-12-27)34-18-8-9-19-35(34)41-31-15-5-4-13-29(31)30-14-10-20-36(40)37(30)41/h1-24H. The van der Waals surface area contributed by atoms with Crippen LogP contribution in [-0.2, 0) is 0 Å². The van der Waals surface area contributed by atoms with Crippen molar-refractivity contribution in [1.82, 2.24) is 4.57 Å². The molecule has 1 aromatic heterocycles. The lowest BCUT2D eigenvalue weighted by Gasteiger charge is -2.32. The Labute approximate surface area is 238 Å². The molecule has 1 aliphatic rings. The molecule has 0 bridgehead atoms. The molecule has 41 heavy (non-hydrogen) atoms. The van der Waals surface area contributed by atoms with Crippen LogP contribution in [0, 0.1) is 11.3 Å². The lowest BCUT2D eigenvalue weighted by molar-refractivity contribution is 1.15. The van der Waals surface area contributed by atoms with Gasteiger partial charge in [0.15, 0.2) is 0 Å². The highest BCUT2D eigenvalue weighted by Gasteiger charge is 2.29. The molecular weight excluding hydrogens is 500 g/mol. The second-order valence-electron chi connectivity index (χ2n) is 10.2. The molecule has 0 unspecified atom stereocenters. The van der Waals surface area contributed by atoms with Crippen molar-refractivity contribution in [3.8, 4) is 11.8 Å². The first kappa shape index (κ1) is 23.1. The second-order valence-corrected chi connectivity index (χ2v) is 10.2. The van der Waals surface area contributed by atoms with Gasteiger partial charge in [0.05, 0.1) is 51.1 Å². The third-order valence-electron chi connectivity index (χ3n) is 7.91. The van der Waals surface area contributed by atoms with Crippen LogP contribution in [-0.4, -0.2) is 4.57 Å². The highest BCUT2D eigenvalue weighted by Crippen LogP contribution is 2.51. The van der Waals surface area contributed by atoms with Gasteiger partial charge in [-0.3, -0.25) is 0 Å². The van der Waals surface area contributed by atoms with E-state index in [2.05, 4.69) is 142 Å². The Morgan fingerprint density at radius 1 is 0.415 bits per heavy atom. The van der Waals surface area contributed by atoms with Gasteiger partial charge >= 0.3 is 0 Å². The van der Waals surface area contributed by atoms with E-state index >= 15 is 0 Å². The Morgan fingerprint density at radius 2 is 0.927 bits per heavy atom. The summed E-state index contributed by atoms with van der Waals surface area (Å²) in [5.74, 6) is 0. The van der Waals surface area contributed by atoms with Gasteiger partial charge in [-0.2, -0.15) is 5.26 Å². The quantitative estimate of drug-likeness (QED) is 0.226. The number of nitrogens with zero attached hydrogens (tertiary/aromatic N) is 4. The molecule has 0 amide bonds. The van der Waals surface area contributed by atoms with Crippen LogP contribution in [0.1, 0.15) is 5.56 Å². The molecule has 0 saturated heterocycles. The molecule has 4 heteroatoms. The Hall–Kier alpha value is -5.79. The third-order valence-corrected chi connectivity index (χ3v) is 7.91. The number of rotatable bonds is 2. The zero-order valence-electron chi connectivity index (χ0n) is 22.1. The Bertz CT molecular complexity index is 2120. The fourth-order valence-electron chi connectivity index (χ4n) is 6.19. The molecule has 0 N–H and O–H groups in total. The first-order valence-corrected chi connectivity index (χ1v) is 13.7. The minimum atomic E-state index is 0.636. The minimum absolute atomic E-state index is 0.636. The highest BCUT2D eigenvalue weighted by molar-refractivity contribution is 6.15. The fourth-order valence-corrected chi connectivity index (χ4v) is 6.19. The van der Waals surface area contributed by atoms with Crippen molar-refractivity contribution >= 4 is 55.9 Å². The van der Waals surface area contributed by atoms with Gasteiger partial charge in [-0.15, -0.1) is 0 Å². The Balaban J connectivity index is 1.60. The number of hydrogen-bond donors (Lipinski definition) is 0. The van der Waals surface area contributed by atoms with Crippen LogP contribution in [0.3, 0.4) is 0 Å². The molecule has 6 aromatic carbocycles. The summed E-state index contributed by atoms with van der Waals surface area (Å²) in [6.45, 7) is 0. The van der Waals surface area contributed by atoms with E-state index in [0.717, 1.165) is 50.8 Å². The smallest absolute Gasteiger partial charge is 0.0991 e. The van der Waals surface area contributed by atoms with Crippen LogP contribution in [0.4, 0.5) is 34.1 Å². The van der Waals surface area contributed by atoms with E-state index < -0.39 is 0 Å². The van der Waals surface area contributed by atoms with Crippen LogP contribution in [0.25, 0.3) is 27.5 Å². The third kappa shape index (κ3) is 3.46. The van der Waals surface area contributed by atoms with Gasteiger partial charge in [0, 0.05) is 22.1 Å². The van der Waals surface area contributed by atoms with Crippen LogP contribution in [0.5, 0.6) is 0 Å². The lowest BCUT2D eigenvalue weighted by Crippen LogP contribution is -2.16. The molecule has 0 radical (unpaired) electrons. The summed E-state index contributed by atoms with van der Waals surface area (Å²) in [6, 6.07) is 53.1. The average Bonchev–Trinajstić information content (AvgIpc) is 3.39. The molecule has 0 fully saturated rings. The maximum atomic E-state index is 9.54. The van der Waals surface area contributed by atoms with Crippen molar-refractivity contribution in [1.29, 1.82) is 5.26 Å². The summed E-state index contributed by atoms with van der Waals surface area (Å²) >= 11 is 0. The van der Waals surface area contributed by atoms with Crippen molar-refractivity contribution in [2.24, 2.45) is 0 Å². The van der Waals surface area contributed by atoms with Gasteiger partial charge in [-0.05, 0) is 72.8 Å². The van der Waals surface area contributed by atoms with Crippen LogP contribution >= 0.6 is 0 Å². The van der Waals surface area contributed by atoms with Gasteiger partial charge in [-0.1, -0.05) is 72.8 Å². The van der Waals surface area contributed by atoms with E-state index in [-0.39, 0.29) is 0 Å². The number of hydrogen-bond acceptors (Lipinski definition) is 3. The molecule has 7 aromatic rings. The maximum Gasteiger partial charge on any atom is 0.0991 e. The number of para-hydroxylation sites is 7. The summed E-state index contributed by atoms with van der Waals surface area (Å²) in [5.41, 5.74) is 10.3. The Kier molecular flexibility index (Phi) is 5.16. The van der Waals surface area contributed by atoms with E-state index in [0.29, 0.717) is 5.56 Å². The van der Waals surface area contributed by atoms with Gasteiger partial charge in [0.2, 0.25) is 0 Å².